The lowest BCUT2D eigenvalue weighted by atomic mass is 10.1. The Labute approximate surface area is 70.6 Å². The van der Waals surface area contributed by atoms with Crippen LogP contribution >= 0.6 is 0 Å². The number of nitrogens with two attached hydrogens (primary N) is 1. The van der Waals surface area contributed by atoms with Crippen molar-refractivity contribution in [1.29, 1.82) is 0 Å². The summed E-state index contributed by atoms with van der Waals surface area (Å²) in [6.45, 7) is 0. The summed E-state index contributed by atoms with van der Waals surface area (Å²) in [6.07, 6.45) is 0. The van der Waals surface area contributed by atoms with E-state index < -0.39 is 34.7 Å². The molecule has 0 bridgehead atoms. The number of nitrogen functional groups attached to an aromatic ring is 1. The summed E-state index contributed by atoms with van der Waals surface area (Å²) in [5, 5.41) is 8.35. The van der Waals surface area contributed by atoms with E-state index >= 15 is 0 Å². The topological polar surface area (TPSA) is 63.3 Å². The van der Waals surface area contributed by atoms with Gasteiger partial charge in [-0.1, -0.05) is 0 Å². The highest BCUT2D eigenvalue weighted by molar-refractivity contribution is 5.94. The normalized spacial score (nSPS) is 10.1. The van der Waals surface area contributed by atoms with Gasteiger partial charge in [-0.25, -0.2) is 18.0 Å². The molecule has 0 aromatic heterocycles. The van der Waals surface area contributed by atoms with Crippen molar-refractivity contribution in [3.8, 4) is 0 Å². The zero-order valence-electron chi connectivity index (χ0n) is 6.14. The number of anilines is 1. The molecule has 13 heavy (non-hydrogen) atoms. The number of hydrogen-bond donors (Lipinski definition) is 2. The zero-order chi connectivity index (χ0) is 10.2. The largest absolute Gasteiger partial charge is 0.478 e. The summed E-state index contributed by atoms with van der Waals surface area (Å²) in [5.74, 6) is -6.21. The first kappa shape index (κ1) is 9.37. The van der Waals surface area contributed by atoms with Gasteiger partial charge in [-0.2, -0.15) is 0 Å². The molecule has 3 N–H and O–H groups in total. The number of carbonyl (C=O) groups is 1. The SMILES string of the molecule is Nc1c(F)c(F)cc(F)c1C(=O)O. The molecule has 1 aromatic rings. The highest BCUT2D eigenvalue weighted by Crippen LogP contribution is 2.22. The minimum atomic E-state index is -1.74. The van der Waals surface area contributed by atoms with Gasteiger partial charge in [0.25, 0.3) is 0 Å². The van der Waals surface area contributed by atoms with Crippen molar-refractivity contribution < 1.29 is 23.1 Å². The number of halogens is 3. The Morgan fingerprint density at radius 2 is 1.85 bits per heavy atom. The second-order valence-electron chi connectivity index (χ2n) is 2.25. The van der Waals surface area contributed by atoms with E-state index in [2.05, 4.69) is 0 Å². The molecule has 0 saturated carbocycles. The predicted molar refractivity (Wildman–Crippen MR) is 37.7 cm³/mol. The van der Waals surface area contributed by atoms with Crippen LogP contribution < -0.4 is 5.73 Å². The van der Waals surface area contributed by atoms with Gasteiger partial charge in [-0.3, -0.25) is 0 Å². The molecule has 0 aliphatic heterocycles. The van der Waals surface area contributed by atoms with Gasteiger partial charge in [0.1, 0.15) is 11.4 Å². The molecule has 0 atom stereocenters. The Bertz CT molecular complexity index is 378. The number of carboxylic acids is 1. The monoisotopic (exact) mass is 191 g/mol. The maximum Gasteiger partial charge on any atom is 0.340 e. The van der Waals surface area contributed by atoms with Crippen molar-refractivity contribution >= 4 is 11.7 Å². The molecule has 0 aliphatic carbocycles. The number of aromatic carboxylic acids is 1. The van der Waals surface area contributed by atoms with Crippen molar-refractivity contribution in [2.24, 2.45) is 0 Å². The van der Waals surface area contributed by atoms with Crippen LogP contribution in [-0.4, -0.2) is 11.1 Å². The van der Waals surface area contributed by atoms with Gasteiger partial charge >= 0.3 is 5.97 Å². The lowest BCUT2D eigenvalue weighted by Crippen LogP contribution is -2.09. The molecule has 0 heterocycles. The Kier molecular flexibility index (Phi) is 2.14. The molecule has 0 spiro atoms. The number of rotatable bonds is 1. The van der Waals surface area contributed by atoms with E-state index in [1.54, 1.807) is 0 Å². The fraction of sp³-hybridized carbons (Fsp3) is 0. The molecular formula is C7H4F3NO2. The van der Waals surface area contributed by atoms with Crippen LogP contribution in [0, 0.1) is 17.5 Å². The van der Waals surface area contributed by atoms with Crippen molar-refractivity contribution in [3.63, 3.8) is 0 Å². The van der Waals surface area contributed by atoms with Crippen LogP contribution in [0.4, 0.5) is 18.9 Å². The summed E-state index contributed by atoms with van der Waals surface area (Å²) >= 11 is 0. The smallest absolute Gasteiger partial charge is 0.340 e. The lowest BCUT2D eigenvalue weighted by Gasteiger charge is -2.03. The summed E-state index contributed by atoms with van der Waals surface area (Å²) < 4.78 is 37.7. The first-order valence-electron chi connectivity index (χ1n) is 3.11. The van der Waals surface area contributed by atoms with E-state index in [1.807, 2.05) is 0 Å². The predicted octanol–water partition coefficient (Wildman–Crippen LogP) is 1.38. The van der Waals surface area contributed by atoms with E-state index in [-0.39, 0.29) is 6.07 Å². The standard InChI is InChI=1S/C7H4F3NO2/c8-2-1-3(9)5(10)6(11)4(2)7(12)13/h1H,11H2,(H,12,13). The van der Waals surface area contributed by atoms with Gasteiger partial charge in [0.2, 0.25) is 0 Å². The van der Waals surface area contributed by atoms with Crippen LogP contribution in [-0.2, 0) is 0 Å². The van der Waals surface area contributed by atoms with E-state index in [9.17, 15) is 18.0 Å². The number of hydrogen-bond acceptors (Lipinski definition) is 2. The van der Waals surface area contributed by atoms with E-state index in [1.165, 1.54) is 0 Å². The average Bonchev–Trinajstić information content (AvgIpc) is 1.99. The zero-order valence-corrected chi connectivity index (χ0v) is 6.14. The van der Waals surface area contributed by atoms with E-state index in [0.717, 1.165) is 0 Å². The third-order valence-electron chi connectivity index (χ3n) is 1.42. The maximum absolute atomic E-state index is 12.7. The average molecular weight is 191 g/mol. The first-order valence-corrected chi connectivity index (χ1v) is 3.11. The second-order valence-corrected chi connectivity index (χ2v) is 2.25. The third-order valence-corrected chi connectivity index (χ3v) is 1.42. The third kappa shape index (κ3) is 1.42. The fourth-order valence-corrected chi connectivity index (χ4v) is 0.831. The van der Waals surface area contributed by atoms with E-state index in [0.29, 0.717) is 0 Å². The van der Waals surface area contributed by atoms with Crippen molar-refractivity contribution in [2.75, 3.05) is 5.73 Å². The van der Waals surface area contributed by atoms with Gasteiger partial charge < -0.3 is 10.8 Å². The van der Waals surface area contributed by atoms with Crippen LogP contribution in [0.5, 0.6) is 0 Å². The minimum absolute atomic E-state index is 0.134. The summed E-state index contributed by atoms with van der Waals surface area (Å²) in [6, 6.07) is 0.134. The molecule has 0 aliphatic rings. The van der Waals surface area contributed by atoms with Gasteiger partial charge in [-0.05, 0) is 0 Å². The Morgan fingerprint density at radius 1 is 1.31 bits per heavy atom. The van der Waals surface area contributed by atoms with Gasteiger partial charge in [0.15, 0.2) is 11.6 Å². The lowest BCUT2D eigenvalue weighted by molar-refractivity contribution is 0.0692. The van der Waals surface area contributed by atoms with Gasteiger partial charge in [0.05, 0.1) is 5.69 Å². The van der Waals surface area contributed by atoms with Crippen molar-refractivity contribution in [3.05, 3.63) is 29.1 Å². The Balaban J connectivity index is 3.53. The van der Waals surface area contributed by atoms with Crippen molar-refractivity contribution in [1.82, 2.24) is 0 Å². The molecule has 1 rings (SSSR count). The first-order chi connectivity index (χ1) is 5.95. The molecule has 6 heteroatoms. The van der Waals surface area contributed by atoms with Crippen LogP contribution in [0.3, 0.4) is 0 Å². The quantitative estimate of drug-likeness (QED) is 0.520. The maximum atomic E-state index is 12.7. The van der Waals surface area contributed by atoms with Crippen LogP contribution in [0.25, 0.3) is 0 Å². The van der Waals surface area contributed by atoms with Crippen LogP contribution in [0.1, 0.15) is 10.4 Å². The second kappa shape index (κ2) is 2.96. The molecule has 70 valence electrons. The Hall–Kier alpha value is -1.72. The molecular weight excluding hydrogens is 187 g/mol. The Morgan fingerprint density at radius 3 is 2.31 bits per heavy atom. The summed E-state index contributed by atoms with van der Waals surface area (Å²) in [4.78, 5) is 10.3. The minimum Gasteiger partial charge on any atom is -0.478 e. The molecule has 0 radical (unpaired) electrons. The number of carboxylic acid groups (broad SMARTS) is 1. The molecule has 0 amide bonds. The summed E-state index contributed by atoms with van der Waals surface area (Å²) in [7, 11) is 0. The number of benzene rings is 1. The van der Waals surface area contributed by atoms with Gasteiger partial charge in [-0.15, -0.1) is 0 Å². The fourth-order valence-electron chi connectivity index (χ4n) is 0.831. The van der Waals surface area contributed by atoms with Crippen LogP contribution in [0.15, 0.2) is 6.07 Å². The molecule has 1 aromatic carbocycles. The van der Waals surface area contributed by atoms with Crippen molar-refractivity contribution in [2.45, 2.75) is 0 Å². The molecule has 0 unspecified atom stereocenters. The molecule has 0 saturated heterocycles. The van der Waals surface area contributed by atoms with E-state index in [4.69, 9.17) is 10.8 Å². The highest BCUT2D eigenvalue weighted by atomic mass is 19.2. The highest BCUT2D eigenvalue weighted by Gasteiger charge is 2.21. The molecule has 0 fully saturated rings. The van der Waals surface area contributed by atoms with Gasteiger partial charge in [0, 0.05) is 6.07 Å². The van der Waals surface area contributed by atoms with Crippen LogP contribution in [0.2, 0.25) is 0 Å². The molecule has 3 nitrogen and oxygen atoms in total. The summed E-state index contributed by atoms with van der Waals surface area (Å²) in [5.41, 5.74) is 2.76.